The molecule has 0 saturated carbocycles. The number of carbonyl (C=O) groups excluding carboxylic acids is 1. The zero-order chi connectivity index (χ0) is 24.2. The maximum Gasteiger partial charge on any atom is 0.326 e. The molecule has 3 N–H and O–H groups in total. The van der Waals surface area contributed by atoms with Crippen molar-refractivity contribution in [1.82, 2.24) is 4.98 Å². The number of hydrogen-bond donors (Lipinski definition) is 3. The number of anilines is 3. The van der Waals surface area contributed by atoms with Gasteiger partial charge in [-0.05, 0) is 53.1 Å². The summed E-state index contributed by atoms with van der Waals surface area (Å²) in [5.74, 6) is -0.0678. The molecule has 3 aromatic carbocycles. The molecule has 0 saturated heterocycles. The lowest BCUT2D eigenvalue weighted by Crippen LogP contribution is -2.31. The average molecular weight is 475 g/mol. The minimum atomic E-state index is -0.264. The lowest BCUT2D eigenvalue weighted by molar-refractivity contribution is 0.258. The van der Waals surface area contributed by atoms with Crippen LogP contribution in [0.2, 0.25) is 0 Å². The summed E-state index contributed by atoms with van der Waals surface area (Å²) in [5.41, 5.74) is 5.53. The Morgan fingerprint density at radius 2 is 1.65 bits per heavy atom. The first-order valence-corrected chi connectivity index (χ1v) is 11.5. The summed E-state index contributed by atoms with van der Waals surface area (Å²) in [4.78, 5) is 30.5. The minimum Gasteiger partial charge on any atom is -0.494 e. The summed E-state index contributed by atoms with van der Waals surface area (Å²) < 4.78 is 0. The van der Waals surface area contributed by atoms with Gasteiger partial charge in [0.05, 0.1) is 4.88 Å². The van der Waals surface area contributed by atoms with Crippen LogP contribution in [0, 0.1) is 0 Å². The third kappa shape index (κ3) is 5.29. The highest BCUT2D eigenvalue weighted by Crippen LogP contribution is 2.27. The molecular weight excluding hydrogens is 448 g/mol. The number of hydrogen-bond acceptors (Lipinski definition) is 5. The molecule has 1 heterocycles. The summed E-state index contributed by atoms with van der Waals surface area (Å²) in [7, 11) is 5.68. The van der Waals surface area contributed by atoms with Crippen LogP contribution >= 0.6 is 11.3 Å². The number of carbonyl (C=O) groups is 1. The molecule has 4 aromatic rings. The molecule has 4 rings (SSSR count). The molecule has 0 radical (unpaired) electrons. The van der Waals surface area contributed by atoms with Gasteiger partial charge in [0.1, 0.15) is 0 Å². The van der Waals surface area contributed by atoms with Crippen molar-refractivity contribution in [3.8, 4) is 17.0 Å². The number of nitrogens with zero attached hydrogens (tertiary/aromatic N) is 2. The van der Waals surface area contributed by atoms with Gasteiger partial charge in [-0.1, -0.05) is 47.7 Å². The van der Waals surface area contributed by atoms with Crippen LogP contribution in [-0.4, -0.2) is 37.3 Å². The van der Waals surface area contributed by atoms with Gasteiger partial charge in [-0.25, -0.2) is 4.79 Å². The number of aromatic nitrogens is 1. The van der Waals surface area contributed by atoms with Crippen molar-refractivity contribution in [2.75, 3.05) is 36.3 Å². The average Bonchev–Trinajstić information content (AvgIpc) is 3.15. The number of aromatic amines is 1. The van der Waals surface area contributed by atoms with E-state index in [1.807, 2.05) is 91.8 Å². The number of H-pyrrole nitrogens is 1. The second-order valence-corrected chi connectivity index (χ2v) is 9.21. The zero-order valence-corrected chi connectivity index (χ0v) is 20.0. The van der Waals surface area contributed by atoms with E-state index in [0.717, 1.165) is 45.1 Å². The minimum absolute atomic E-state index is 0.0678. The van der Waals surface area contributed by atoms with Crippen molar-refractivity contribution in [3.63, 3.8) is 0 Å². The smallest absolute Gasteiger partial charge is 0.326 e. The van der Waals surface area contributed by atoms with E-state index >= 15 is 0 Å². The Bertz CT molecular complexity index is 1340. The van der Waals surface area contributed by atoms with Crippen LogP contribution < -0.4 is 20.0 Å². The number of rotatable bonds is 6. The number of benzene rings is 3. The Balaban J connectivity index is 1.45. The second-order valence-electron chi connectivity index (χ2n) is 8.14. The fourth-order valence-electron chi connectivity index (χ4n) is 3.53. The maximum atomic E-state index is 12.8. The summed E-state index contributed by atoms with van der Waals surface area (Å²) in [6.07, 6.45) is 0.480. The summed E-state index contributed by atoms with van der Waals surface area (Å²) >= 11 is 1.01. The molecule has 8 heteroatoms. The quantitative estimate of drug-likeness (QED) is 0.361. The van der Waals surface area contributed by atoms with Crippen LogP contribution in [-0.2, 0) is 6.42 Å². The molecule has 0 aliphatic carbocycles. The van der Waals surface area contributed by atoms with Crippen LogP contribution in [0.15, 0.2) is 77.6 Å². The molecule has 1 aromatic heterocycles. The van der Waals surface area contributed by atoms with Gasteiger partial charge >= 0.3 is 10.9 Å². The van der Waals surface area contributed by atoms with E-state index < -0.39 is 0 Å². The lowest BCUT2D eigenvalue weighted by Gasteiger charge is -2.19. The first kappa shape index (κ1) is 23.1. The van der Waals surface area contributed by atoms with Gasteiger partial charge in [-0.15, -0.1) is 0 Å². The molecule has 174 valence electrons. The van der Waals surface area contributed by atoms with Gasteiger partial charge in [0.25, 0.3) is 0 Å². The lowest BCUT2D eigenvalue weighted by atomic mass is 10.0. The van der Waals surface area contributed by atoms with Gasteiger partial charge in [0, 0.05) is 44.6 Å². The monoisotopic (exact) mass is 474 g/mol. The Morgan fingerprint density at radius 1 is 0.941 bits per heavy atom. The van der Waals surface area contributed by atoms with Crippen LogP contribution in [0.25, 0.3) is 11.1 Å². The SMILES string of the molecule is CN(C)c1ccc(NC(=O)N(C)c2cccc(-c3ccc(Cc4sc(=O)[nH]c4O)cc3)c2)cc1. The van der Waals surface area contributed by atoms with E-state index in [4.69, 9.17) is 0 Å². The fraction of sp³-hybridized carbons (Fsp3) is 0.154. The molecule has 0 spiro atoms. The Morgan fingerprint density at radius 3 is 2.26 bits per heavy atom. The summed E-state index contributed by atoms with van der Waals surface area (Å²) in [6.45, 7) is 0. The van der Waals surface area contributed by atoms with Crippen molar-refractivity contribution in [2.24, 2.45) is 0 Å². The fourth-order valence-corrected chi connectivity index (χ4v) is 4.29. The van der Waals surface area contributed by atoms with Crippen LogP contribution in [0.4, 0.5) is 21.9 Å². The highest BCUT2D eigenvalue weighted by Gasteiger charge is 2.13. The molecule has 0 atom stereocenters. The van der Waals surface area contributed by atoms with E-state index in [-0.39, 0.29) is 16.8 Å². The van der Waals surface area contributed by atoms with Crippen molar-refractivity contribution in [3.05, 3.63) is 92.9 Å². The van der Waals surface area contributed by atoms with Gasteiger partial charge in [0.15, 0.2) is 0 Å². The Hall–Kier alpha value is -4.04. The van der Waals surface area contributed by atoms with Gasteiger partial charge < -0.3 is 15.3 Å². The number of aromatic hydroxyl groups is 1. The predicted molar refractivity (Wildman–Crippen MR) is 139 cm³/mol. The molecule has 0 bridgehead atoms. The van der Waals surface area contributed by atoms with E-state index in [2.05, 4.69) is 10.3 Å². The first-order chi connectivity index (χ1) is 16.3. The van der Waals surface area contributed by atoms with Crippen LogP contribution in [0.1, 0.15) is 10.4 Å². The molecule has 0 aliphatic heterocycles. The molecule has 7 nitrogen and oxygen atoms in total. The maximum absolute atomic E-state index is 12.8. The topological polar surface area (TPSA) is 88.7 Å². The van der Waals surface area contributed by atoms with Crippen LogP contribution in [0.3, 0.4) is 0 Å². The molecule has 2 amide bonds. The highest BCUT2D eigenvalue weighted by atomic mass is 32.1. The summed E-state index contributed by atoms with van der Waals surface area (Å²) in [6, 6.07) is 23.1. The third-order valence-corrected chi connectivity index (χ3v) is 6.40. The van der Waals surface area contributed by atoms with E-state index in [0.29, 0.717) is 11.3 Å². The van der Waals surface area contributed by atoms with Gasteiger partial charge in [-0.3, -0.25) is 14.7 Å². The Labute approximate surface area is 201 Å². The van der Waals surface area contributed by atoms with E-state index in [1.165, 1.54) is 0 Å². The second kappa shape index (κ2) is 9.84. The number of amides is 2. The van der Waals surface area contributed by atoms with E-state index in [1.54, 1.807) is 11.9 Å². The molecule has 34 heavy (non-hydrogen) atoms. The van der Waals surface area contributed by atoms with Crippen LogP contribution in [0.5, 0.6) is 5.88 Å². The number of thiazole rings is 1. The largest absolute Gasteiger partial charge is 0.494 e. The van der Waals surface area contributed by atoms with Crippen molar-refractivity contribution < 1.29 is 9.90 Å². The molecule has 0 unspecified atom stereocenters. The number of nitrogens with one attached hydrogen (secondary N) is 2. The standard InChI is InChI=1S/C26H26N4O3S/c1-29(2)21-13-11-20(12-14-21)27-25(32)30(3)22-6-4-5-19(16-22)18-9-7-17(8-10-18)15-23-24(31)28-26(33)34-23/h4-14,16,31H,15H2,1-3H3,(H,27,32)(H,28,33). The molecule has 0 fully saturated rings. The third-order valence-electron chi connectivity index (χ3n) is 5.53. The molecule has 0 aliphatic rings. The molecular formula is C26H26N4O3S. The van der Waals surface area contributed by atoms with Crippen molar-refractivity contribution in [2.45, 2.75) is 6.42 Å². The number of urea groups is 1. The normalized spacial score (nSPS) is 10.7. The highest BCUT2D eigenvalue weighted by molar-refractivity contribution is 7.09. The summed E-state index contributed by atoms with van der Waals surface area (Å²) in [5, 5.41) is 12.7. The van der Waals surface area contributed by atoms with Crippen molar-refractivity contribution in [1.29, 1.82) is 0 Å². The first-order valence-electron chi connectivity index (χ1n) is 10.7. The van der Waals surface area contributed by atoms with Crippen molar-refractivity contribution >= 4 is 34.4 Å². The zero-order valence-electron chi connectivity index (χ0n) is 19.2. The Kier molecular flexibility index (Phi) is 6.70. The van der Waals surface area contributed by atoms with Gasteiger partial charge in [0.2, 0.25) is 5.88 Å². The predicted octanol–water partition coefficient (Wildman–Crippen LogP) is 5.13. The van der Waals surface area contributed by atoms with E-state index in [9.17, 15) is 14.7 Å². The van der Waals surface area contributed by atoms with Gasteiger partial charge in [-0.2, -0.15) is 0 Å².